The monoisotopic (exact) mass is 332 g/mol. The fourth-order valence-corrected chi connectivity index (χ4v) is 2.74. The lowest BCUT2D eigenvalue weighted by Crippen LogP contribution is -2.43. The normalized spacial score (nSPS) is 11.5. The number of amides is 1. The summed E-state index contributed by atoms with van der Waals surface area (Å²) in [7, 11) is 1.92. The number of aromatic nitrogens is 3. The van der Waals surface area contributed by atoms with Gasteiger partial charge in [0.05, 0.1) is 5.75 Å². The third-order valence-electron chi connectivity index (χ3n) is 3.84. The molecule has 0 saturated heterocycles. The van der Waals surface area contributed by atoms with Crippen molar-refractivity contribution < 1.29 is 4.79 Å². The summed E-state index contributed by atoms with van der Waals surface area (Å²) in [5.41, 5.74) is 2.06. The number of benzene rings is 1. The highest BCUT2D eigenvalue weighted by molar-refractivity contribution is 7.99. The van der Waals surface area contributed by atoms with E-state index in [9.17, 15) is 4.79 Å². The van der Waals surface area contributed by atoms with Gasteiger partial charge < -0.3 is 9.88 Å². The summed E-state index contributed by atoms with van der Waals surface area (Å²) in [4.78, 5) is 12.0. The second-order valence-corrected chi connectivity index (χ2v) is 7.25. The van der Waals surface area contributed by atoms with Crippen molar-refractivity contribution >= 4 is 17.7 Å². The molecule has 0 spiro atoms. The second kappa shape index (κ2) is 7.17. The highest BCUT2D eigenvalue weighted by atomic mass is 32.2. The fraction of sp³-hybridized carbons (Fsp3) is 0.471. The summed E-state index contributed by atoms with van der Waals surface area (Å²) in [6, 6.07) is 8.17. The van der Waals surface area contributed by atoms with E-state index in [1.165, 1.54) is 17.3 Å². The zero-order valence-corrected chi connectivity index (χ0v) is 15.2. The van der Waals surface area contributed by atoms with Crippen molar-refractivity contribution in [2.75, 3.05) is 5.75 Å². The van der Waals surface area contributed by atoms with Crippen LogP contribution in [0.25, 0.3) is 11.4 Å². The maximum atomic E-state index is 12.0. The van der Waals surface area contributed by atoms with E-state index < -0.39 is 0 Å². The molecule has 0 bridgehead atoms. The molecule has 2 rings (SSSR count). The van der Waals surface area contributed by atoms with Gasteiger partial charge >= 0.3 is 0 Å². The molecule has 0 radical (unpaired) electrons. The van der Waals surface area contributed by atoms with Crippen molar-refractivity contribution in [3.05, 3.63) is 29.8 Å². The van der Waals surface area contributed by atoms with Crippen molar-refractivity contribution in [1.82, 2.24) is 20.1 Å². The van der Waals surface area contributed by atoms with Crippen LogP contribution in [-0.2, 0) is 11.8 Å². The van der Waals surface area contributed by atoms with Gasteiger partial charge in [0, 0.05) is 18.2 Å². The van der Waals surface area contributed by atoms with Gasteiger partial charge in [-0.2, -0.15) is 0 Å². The van der Waals surface area contributed by atoms with E-state index >= 15 is 0 Å². The van der Waals surface area contributed by atoms with Crippen molar-refractivity contribution in [3.63, 3.8) is 0 Å². The molecule has 1 amide bonds. The van der Waals surface area contributed by atoms with Crippen LogP contribution in [0.4, 0.5) is 0 Å². The van der Waals surface area contributed by atoms with E-state index in [1.807, 2.05) is 37.6 Å². The smallest absolute Gasteiger partial charge is 0.230 e. The van der Waals surface area contributed by atoms with Crippen LogP contribution in [0, 0.1) is 6.92 Å². The highest BCUT2D eigenvalue weighted by Gasteiger charge is 2.19. The number of carbonyl (C=O) groups excluding carboxylic acids is 1. The molecule has 5 nitrogen and oxygen atoms in total. The van der Waals surface area contributed by atoms with Gasteiger partial charge in [0.1, 0.15) is 0 Å². The predicted molar refractivity (Wildman–Crippen MR) is 94.4 cm³/mol. The Balaban J connectivity index is 2.03. The quantitative estimate of drug-likeness (QED) is 0.825. The van der Waals surface area contributed by atoms with Crippen LogP contribution < -0.4 is 5.32 Å². The number of thioether (sulfide) groups is 1. The molecule has 1 heterocycles. The molecular weight excluding hydrogens is 308 g/mol. The largest absolute Gasteiger partial charge is 0.351 e. The van der Waals surface area contributed by atoms with Crippen LogP contribution in [0.15, 0.2) is 29.4 Å². The molecule has 6 heteroatoms. The minimum absolute atomic E-state index is 0.0155. The Hall–Kier alpha value is -1.82. The SMILES string of the molecule is CCC(C)(C)NC(=O)CSc1nnc(-c2ccc(C)cc2)n1C. The van der Waals surface area contributed by atoms with Crippen LogP contribution in [0.1, 0.15) is 32.8 Å². The maximum absolute atomic E-state index is 12.0. The Morgan fingerprint density at radius 2 is 1.91 bits per heavy atom. The Morgan fingerprint density at radius 1 is 1.26 bits per heavy atom. The number of carbonyl (C=O) groups is 1. The van der Waals surface area contributed by atoms with Crippen molar-refractivity contribution in [3.8, 4) is 11.4 Å². The van der Waals surface area contributed by atoms with Gasteiger partial charge in [-0.3, -0.25) is 4.79 Å². The van der Waals surface area contributed by atoms with E-state index in [1.54, 1.807) is 0 Å². The number of aryl methyl sites for hydroxylation is 1. The molecular formula is C17H24N4OS. The minimum Gasteiger partial charge on any atom is -0.351 e. The second-order valence-electron chi connectivity index (χ2n) is 6.31. The van der Waals surface area contributed by atoms with Gasteiger partial charge in [-0.15, -0.1) is 10.2 Å². The summed E-state index contributed by atoms with van der Waals surface area (Å²) >= 11 is 1.40. The first kappa shape index (κ1) is 17.5. The van der Waals surface area contributed by atoms with E-state index in [0.717, 1.165) is 23.0 Å². The van der Waals surface area contributed by atoms with Gasteiger partial charge in [0.25, 0.3) is 0 Å². The Kier molecular flexibility index (Phi) is 5.46. The standard InChI is InChI=1S/C17H24N4OS/c1-6-17(3,4)18-14(22)11-23-16-20-19-15(21(16)5)13-9-7-12(2)8-10-13/h7-10H,6,11H2,1-5H3,(H,18,22). The summed E-state index contributed by atoms with van der Waals surface area (Å²) in [6.07, 6.45) is 0.894. The first-order valence-electron chi connectivity index (χ1n) is 7.72. The topological polar surface area (TPSA) is 59.8 Å². The lowest BCUT2D eigenvalue weighted by molar-refractivity contribution is -0.120. The van der Waals surface area contributed by atoms with Gasteiger partial charge in [0.15, 0.2) is 11.0 Å². The molecule has 2 aromatic rings. The summed E-state index contributed by atoms with van der Waals surface area (Å²) in [5, 5.41) is 12.2. The summed E-state index contributed by atoms with van der Waals surface area (Å²) in [6.45, 7) is 8.16. The molecule has 0 aliphatic rings. The third kappa shape index (κ3) is 4.58. The lowest BCUT2D eigenvalue weighted by atomic mass is 10.0. The zero-order valence-electron chi connectivity index (χ0n) is 14.4. The molecule has 1 aromatic carbocycles. The van der Waals surface area contributed by atoms with E-state index in [0.29, 0.717) is 5.75 Å². The van der Waals surface area contributed by atoms with Gasteiger partial charge in [-0.25, -0.2) is 0 Å². The van der Waals surface area contributed by atoms with Crippen molar-refractivity contribution in [1.29, 1.82) is 0 Å². The van der Waals surface area contributed by atoms with Gasteiger partial charge in [-0.05, 0) is 27.2 Å². The first-order valence-corrected chi connectivity index (χ1v) is 8.71. The Morgan fingerprint density at radius 3 is 2.52 bits per heavy atom. The molecule has 0 saturated carbocycles. The van der Waals surface area contributed by atoms with Gasteiger partial charge in [-0.1, -0.05) is 48.5 Å². The van der Waals surface area contributed by atoms with Crippen LogP contribution in [-0.4, -0.2) is 32.0 Å². The fourth-order valence-electron chi connectivity index (χ4n) is 2.03. The predicted octanol–water partition coefficient (Wildman–Crippen LogP) is 3.19. The molecule has 1 N–H and O–H groups in total. The minimum atomic E-state index is -0.176. The van der Waals surface area contributed by atoms with Gasteiger partial charge in [0.2, 0.25) is 5.91 Å². The number of rotatable bonds is 6. The maximum Gasteiger partial charge on any atom is 0.230 e. The molecule has 0 atom stereocenters. The molecule has 124 valence electrons. The van der Waals surface area contributed by atoms with E-state index in [4.69, 9.17) is 0 Å². The Bertz CT molecular complexity index is 676. The average molecular weight is 332 g/mol. The number of hydrogen-bond donors (Lipinski definition) is 1. The molecule has 0 aliphatic heterocycles. The first-order chi connectivity index (χ1) is 10.8. The van der Waals surface area contributed by atoms with Crippen LogP contribution in [0.3, 0.4) is 0 Å². The highest BCUT2D eigenvalue weighted by Crippen LogP contribution is 2.23. The molecule has 1 aromatic heterocycles. The number of hydrogen-bond acceptors (Lipinski definition) is 4. The molecule has 0 fully saturated rings. The molecule has 0 aliphatic carbocycles. The van der Waals surface area contributed by atoms with Crippen molar-refractivity contribution in [2.24, 2.45) is 7.05 Å². The molecule has 23 heavy (non-hydrogen) atoms. The van der Waals surface area contributed by atoms with E-state index in [-0.39, 0.29) is 11.4 Å². The van der Waals surface area contributed by atoms with E-state index in [2.05, 4.69) is 41.5 Å². The summed E-state index contributed by atoms with van der Waals surface area (Å²) < 4.78 is 1.92. The van der Waals surface area contributed by atoms with Crippen LogP contribution >= 0.6 is 11.8 Å². The lowest BCUT2D eigenvalue weighted by Gasteiger charge is -2.24. The van der Waals surface area contributed by atoms with Crippen molar-refractivity contribution in [2.45, 2.75) is 44.8 Å². The third-order valence-corrected chi connectivity index (χ3v) is 4.86. The Labute approximate surface area is 141 Å². The zero-order chi connectivity index (χ0) is 17.0. The van der Waals surface area contributed by atoms with Crippen LogP contribution in [0.5, 0.6) is 0 Å². The van der Waals surface area contributed by atoms with Crippen LogP contribution in [0.2, 0.25) is 0 Å². The number of nitrogens with zero attached hydrogens (tertiary/aromatic N) is 3. The summed E-state index contributed by atoms with van der Waals surface area (Å²) in [5.74, 6) is 1.16. The number of nitrogens with one attached hydrogen (secondary N) is 1. The average Bonchev–Trinajstić information content (AvgIpc) is 2.87. The molecule has 0 unspecified atom stereocenters.